The van der Waals surface area contributed by atoms with Gasteiger partial charge in [-0.15, -0.1) is 0 Å². The zero-order chi connectivity index (χ0) is 19.2. The number of alkyl halides is 3. The molecule has 0 spiro atoms. The fourth-order valence-corrected chi connectivity index (χ4v) is 2.47. The highest BCUT2D eigenvalue weighted by Crippen LogP contribution is 2.39. The minimum Gasteiger partial charge on any atom is -0.381 e. The van der Waals surface area contributed by atoms with Gasteiger partial charge in [0.1, 0.15) is 11.3 Å². The summed E-state index contributed by atoms with van der Waals surface area (Å²) in [6, 6.07) is 3.88. The average molecular weight is 367 g/mol. The Balaban J connectivity index is 2.43. The summed E-state index contributed by atoms with van der Waals surface area (Å²) < 4.78 is 52.7. The fraction of sp³-hybridized carbons (Fsp3) is 0.0667. The molecule has 3 rings (SSSR count). The van der Waals surface area contributed by atoms with Crippen LogP contribution in [0.25, 0.3) is 22.2 Å². The number of fused-ring (bicyclic) bond motifs is 1. The van der Waals surface area contributed by atoms with E-state index in [0.29, 0.717) is 12.1 Å². The van der Waals surface area contributed by atoms with E-state index >= 15 is 0 Å². The number of hydrogen-bond donors (Lipinski definition) is 2. The Morgan fingerprint density at radius 1 is 1.04 bits per heavy atom. The first-order chi connectivity index (χ1) is 12.1. The lowest BCUT2D eigenvalue weighted by Gasteiger charge is -2.12. The van der Waals surface area contributed by atoms with E-state index in [2.05, 4.69) is 9.97 Å². The normalized spacial score (nSPS) is 11.7. The van der Waals surface area contributed by atoms with Gasteiger partial charge in [-0.25, -0.2) is 14.4 Å². The molecule has 0 saturated heterocycles. The molecule has 4 N–H and O–H groups in total. The molecule has 134 valence electrons. The number of hydrogen-bond acceptors (Lipinski definition) is 6. The highest BCUT2D eigenvalue weighted by molar-refractivity contribution is 5.98. The van der Waals surface area contributed by atoms with Gasteiger partial charge in [0.25, 0.3) is 5.69 Å². The maximum atomic E-state index is 13.8. The van der Waals surface area contributed by atoms with E-state index < -0.39 is 28.2 Å². The van der Waals surface area contributed by atoms with Crippen LogP contribution in [0.1, 0.15) is 5.56 Å². The van der Waals surface area contributed by atoms with Crippen LogP contribution in [-0.2, 0) is 6.18 Å². The third kappa shape index (κ3) is 2.94. The van der Waals surface area contributed by atoms with Gasteiger partial charge < -0.3 is 11.5 Å². The summed E-state index contributed by atoms with van der Waals surface area (Å²) in [7, 11) is 0. The van der Waals surface area contributed by atoms with Crippen molar-refractivity contribution in [3.63, 3.8) is 0 Å². The Hall–Kier alpha value is -3.50. The molecule has 0 amide bonds. The van der Waals surface area contributed by atoms with E-state index in [9.17, 15) is 27.7 Å². The summed E-state index contributed by atoms with van der Waals surface area (Å²) in [6.45, 7) is 0. The van der Waals surface area contributed by atoms with Crippen molar-refractivity contribution in [1.82, 2.24) is 9.97 Å². The zero-order valence-electron chi connectivity index (χ0n) is 12.7. The molecular weight excluding hydrogens is 358 g/mol. The first kappa shape index (κ1) is 17.3. The highest BCUT2D eigenvalue weighted by atomic mass is 19.4. The van der Waals surface area contributed by atoms with E-state index in [1.54, 1.807) is 0 Å². The molecule has 1 aromatic heterocycles. The summed E-state index contributed by atoms with van der Waals surface area (Å²) in [5.74, 6) is -1.61. The van der Waals surface area contributed by atoms with Crippen LogP contribution in [0.2, 0.25) is 0 Å². The third-order valence-corrected chi connectivity index (χ3v) is 3.58. The quantitative estimate of drug-likeness (QED) is 0.406. The van der Waals surface area contributed by atoms with Gasteiger partial charge in [0.15, 0.2) is 11.6 Å². The van der Waals surface area contributed by atoms with Crippen LogP contribution in [0.3, 0.4) is 0 Å². The van der Waals surface area contributed by atoms with Crippen molar-refractivity contribution >= 4 is 28.4 Å². The molecule has 1 heterocycles. The van der Waals surface area contributed by atoms with E-state index in [1.807, 2.05) is 0 Å². The standard InChI is InChI=1S/C15H9F4N5O2/c16-8-4-6(3-7(5-8)15(17,18)19)11-10(24(25)26)2-1-9-12(11)23-14(21)13(20)22-9/h1-5H,(H2,20,22)(H2,21,23). The molecule has 0 atom stereocenters. The molecule has 11 heteroatoms. The predicted molar refractivity (Wildman–Crippen MR) is 85.4 cm³/mol. The van der Waals surface area contributed by atoms with E-state index in [-0.39, 0.29) is 33.8 Å². The van der Waals surface area contributed by atoms with Crippen molar-refractivity contribution in [2.45, 2.75) is 6.18 Å². The van der Waals surface area contributed by atoms with Crippen molar-refractivity contribution < 1.29 is 22.5 Å². The predicted octanol–water partition coefficient (Wildman–Crippen LogP) is 3.53. The lowest BCUT2D eigenvalue weighted by molar-refractivity contribution is -0.384. The number of benzene rings is 2. The summed E-state index contributed by atoms with van der Waals surface area (Å²) in [5, 5.41) is 11.3. The monoisotopic (exact) mass is 367 g/mol. The highest BCUT2D eigenvalue weighted by Gasteiger charge is 2.32. The zero-order valence-corrected chi connectivity index (χ0v) is 12.7. The number of nitro benzene ring substituents is 1. The van der Waals surface area contributed by atoms with Crippen LogP contribution in [0.15, 0.2) is 30.3 Å². The molecule has 7 nitrogen and oxygen atoms in total. The van der Waals surface area contributed by atoms with Gasteiger partial charge in [-0.05, 0) is 29.8 Å². The van der Waals surface area contributed by atoms with Crippen molar-refractivity contribution in [2.75, 3.05) is 11.5 Å². The Kier molecular flexibility index (Phi) is 3.86. The van der Waals surface area contributed by atoms with Crippen LogP contribution in [0.4, 0.5) is 34.9 Å². The second-order valence-corrected chi connectivity index (χ2v) is 5.30. The van der Waals surface area contributed by atoms with Gasteiger partial charge in [0.2, 0.25) is 0 Å². The minimum atomic E-state index is -4.84. The maximum Gasteiger partial charge on any atom is 0.416 e. The van der Waals surface area contributed by atoms with Crippen molar-refractivity contribution in [3.8, 4) is 11.1 Å². The molecule has 0 aliphatic rings. The van der Waals surface area contributed by atoms with Gasteiger partial charge in [-0.1, -0.05) is 0 Å². The Bertz CT molecular complexity index is 1050. The van der Waals surface area contributed by atoms with Crippen molar-refractivity contribution in [3.05, 3.63) is 51.8 Å². The number of anilines is 2. The van der Waals surface area contributed by atoms with Crippen LogP contribution in [0, 0.1) is 15.9 Å². The van der Waals surface area contributed by atoms with Gasteiger partial charge in [0.05, 0.1) is 21.6 Å². The number of nitro groups is 1. The van der Waals surface area contributed by atoms with Crippen molar-refractivity contribution in [2.24, 2.45) is 0 Å². The first-order valence-corrected chi connectivity index (χ1v) is 6.96. The van der Waals surface area contributed by atoms with Gasteiger partial charge in [-0.2, -0.15) is 13.2 Å². The molecule has 26 heavy (non-hydrogen) atoms. The molecular formula is C15H9F4N5O2. The molecule has 0 bridgehead atoms. The number of halogens is 4. The second-order valence-electron chi connectivity index (χ2n) is 5.30. The number of nitrogen functional groups attached to an aromatic ring is 2. The average Bonchev–Trinajstić information content (AvgIpc) is 2.53. The van der Waals surface area contributed by atoms with E-state index in [1.165, 1.54) is 6.07 Å². The summed E-state index contributed by atoms with van der Waals surface area (Å²) in [5.41, 5.74) is 8.42. The van der Waals surface area contributed by atoms with Crippen LogP contribution in [0.5, 0.6) is 0 Å². The molecule has 0 fully saturated rings. The number of aromatic nitrogens is 2. The SMILES string of the molecule is Nc1nc2ccc([N+](=O)[O-])c(-c3cc(F)cc(C(F)(F)F)c3)c2nc1N. The van der Waals surface area contributed by atoms with Gasteiger partial charge in [-0.3, -0.25) is 10.1 Å². The number of rotatable bonds is 2. The maximum absolute atomic E-state index is 13.8. The largest absolute Gasteiger partial charge is 0.416 e. The van der Waals surface area contributed by atoms with Gasteiger partial charge >= 0.3 is 6.18 Å². The summed E-state index contributed by atoms with van der Waals surface area (Å²) in [4.78, 5) is 18.3. The molecule has 0 aliphatic heterocycles. The lowest BCUT2D eigenvalue weighted by Crippen LogP contribution is -2.07. The summed E-state index contributed by atoms with van der Waals surface area (Å²) >= 11 is 0. The Labute approximate surface area is 142 Å². The Morgan fingerprint density at radius 2 is 1.69 bits per heavy atom. The number of nitrogens with two attached hydrogens (primary N) is 2. The second kappa shape index (κ2) is 5.79. The lowest BCUT2D eigenvalue weighted by atomic mass is 9.99. The van der Waals surface area contributed by atoms with E-state index in [4.69, 9.17) is 11.5 Å². The van der Waals surface area contributed by atoms with Gasteiger partial charge in [0, 0.05) is 6.07 Å². The third-order valence-electron chi connectivity index (χ3n) is 3.58. The molecule has 3 aromatic rings. The Morgan fingerprint density at radius 3 is 2.31 bits per heavy atom. The molecule has 0 unspecified atom stereocenters. The van der Waals surface area contributed by atoms with Crippen LogP contribution >= 0.6 is 0 Å². The fourth-order valence-electron chi connectivity index (χ4n) is 2.47. The minimum absolute atomic E-state index is 0.0649. The van der Waals surface area contributed by atoms with Crippen LogP contribution in [-0.4, -0.2) is 14.9 Å². The smallest absolute Gasteiger partial charge is 0.381 e. The first-order valence-electron chi connectivity index (χ1n) is 6.96. The number of nitrogens with zero attached hydrogens (tertiary/aromatic N) is 3. The van der Waals surface area contributed by atoms with Crippen LogP contribution < -0.4 is 11.5 Å². The topological polar surface area (TPSA) is 121 Å². The molecule has 0 aliphatic carbocycles. The molecule has 0 radical (unpaired) electrons. The molecule has 0 saturated carbocycles. The summed E-state index contributed by atoms with van der Waals surface area (Å²) in [6.07, 6.45) is -4.84. The van der Waals surface area contributed by atoms with E-state index in [0.717, 1.165) is 12.1 Å². The van der Waals surface area contributed by atoms with Crippen molar-refractivity contribution in [1.29, 1.82) is 0 Å². The molecule has 2 aromatic carbocycles.